The molecule has 0 saturated heterocycles. The van der Waals surface area contributed by atoms with Crippen molar-refractivity contribution in [1.82, 2.24) is 4.31 Å². The van der Waals surface area contributed by atoms with Crippen LogP contribution in [0, 0.1) is 12.7 Å². The number of sulfonamides is 1. The van der Waals surface area contributed by atoms with Crippen molar-refractivity contribution in [2.45, 2.75) is 24.8 Å². The smallest absolute Gasteiger partial charge is 0.335 e. The zero-order chi connectivity index (χ0) is 15.7. The molecule has 0 saturated carbocycles. The van der Waals surface area contributed by atoms with E-state index in [2.05, 4.69) is 0 Å². The number of hydrogen-bond acceptors (Lipinski definition) is 4. The number of halogens is 1. The highest BCUT2D eigenvalue weighted by Gasteiger charge is 2.28. The molecule has 0 aliphatic heterocycles. The molecule has 1 atom stereocenters. The average molecular weight is 305 g/mol. The van der Waals surface area contributed by atoms with Crippen molar-refractivity contribution >= 4 is 16.0 Å². The first-order valence-electron chi connectivity index (χ1n) is 5.75. The summed E-state index contributed by atoms with van der Waals surface area (Å²) in [6, 6.07) is 0.971. The van der Waals surface area contributed by atoms with Crippen molar-refractivity contribution in [3.8, 4) is 0 Å². The summed E-state index contributed by atoms with van der Waals surface area (Å²) in [7, 11) is -2.85. The average Bonchev–Trinajstić information content (AvgIpc) is 2.39. The van der Waals surface area contributed by atoms with Crippen molar-refractivity contribution in [2.75, 3.05) is 13.7 Å². The van der Waals surface area contributed by atoms with Crippen LogP contribution in [-0.4, -0.2) is 48.6 Å². The minimum atomic E-state index is -4.09. The Bertz CT molecular complexity index is 629. The largest absolute Gasteiger partial charge is 0.478 e. The molecule has 0 heterocycles. The van der Waals surface area contributed by atoms with E-state index in [1.165, 1.54) is 20.9 Å². The number of carboxylic acid groups (broad SMARTS) is 1. The monoisotopic (exact) mass is 305 g/mol. The Labute approximate surface area is 116 Å². The van der Waals surface area contributed by atoms with Crippen molar-refractivity contribution in [3.63, 3.8) is 0 Å². The quantitative estimate of drug-likeness (QED) is 0.840. The minimum Gasteiger partial charge on any atom is -0.478 e. The van der Waals surface area contributed by atoms with E-state index < -0.39 is 44.9 Å². The fraction of sp³-hybridized carbons (Fsp3) is 0.417. The van der Waals surface area contributed by atoms with Crippen LogP contribution < -0.4 is 0 Å². The van der Waals surface area contributed by atoms with E-state index in [0.717, 1.165) is 16.4 Å². The fourth-order valence-electron chi connectivity index (χ4n) is 1.55. The van der Waals surface area contributed by atoms with Crippen LogP contribution in [0.1, 0.15) is 22.8 Å². The van der Waals surface area contributed by atoms with Crippen molar-refractivity contribution in [3.05, 3.63) is 29.1 Å². The van der Waals surface area contributed by atoms with E-state index >= 15 is 0 Å². The van der Waals surface area contributed by atoms with Gasteiger partial charge in [0.2, 0.25) is 10.0 Å². The molecule has 0 bridgehead atoms. The van der Waals surface area contributed by atoms with Crippen molar-refractivity contribution in [1.29, 1.82) is 0 Å². The second kappa shape index (κ2) is 5.86. The molecule has 6 nitrogen and oxygen atoms in total. The van der Waals surface area contributed by atoms with E-state index in [0.29, 0.717) is 0 Å². The molecule has 8 heteroatoms. The van der Waals surface area contributed by atoms with Gasteiger partial charge in [0.25, 0.3) is 0 Å². The van der Waals surface area contributed by atoms with E-state index in [1.807, 2.05) is 0 Å². The number of aliphatic hydroxyl groups is 1. The molecule has 0 fully saturated rings. The third-order valence-corrected chi connectivity index (χ3v) is 5.18. The molecule has 20 heavy (non-hydrogen) atoms. The highest BCUT2D eigenvalue weighted by molar-refractivity contribution is 7.89. The summed E-state index contributed by atoms with van der Waals surface area (Å²) in [4.78, 5) is 10.5. The molecule has 0 aromatic heterocycles. The molecule has 1 rings (SSSR count). The Morgan fingerprint density at radius 1 is 1.45 bits per heavy atom. The van der Waals surface area contributed by atoms with Gasteiger partial charge in [-0.25, -0.2) is 17.6 Å². The van der Waals surface area contributed by atoms with E-state index in [4.69, 9.17) is 10.2 Å². The van der Waals surface area contributed by atoms with E-state index in [-0.39, 0.29) is 5.56 Å². The lowest BCUT2D eigenvalue weighted by atomic mass is 10.1. The van der Waals surface area contributed by atoms with Gasteiger partial charge in [-0.15, -0.1) is 0 Å². The normalized spacial score (nSPS) is 13.5. The second-order valence-corrected chi connectivity index (χ2v) is 6.41. The standard InChI is InChI=1S/C12H16FNO5S/c1-7(6-15)14(3)20(18,19)11-5-9(12(16)17)4-10(13)8(11)2/h4-5,7,15H,6H2,1-3H3,(H,16,17). The number of carboxylic acids is 1. The van der Waals surface area contributed by atoms with Gasteiger partial charge in [0.05, 0.1) is 17.1 Å². The maximum atomic E-state index is 13.7. The van der Waals surface area contributed by atoms with Gasteiger partial charge in [0.15, 0.2) is 0 Å². The van der Waals surface area contributed by atoms with Gasteiger partial charge >= 0.3 is 5.97 Å². The summed E-state index contributed by atoms with van der Waals surface area (Å²) in [5.41, 5.74) is -0.608. The topological polar surface area (TPSA) is 94.9 Å². The first kappa shape index (κ1) is 16.5. The molecular weight excluding hydrogens is 289 g/mol. The summed E-state index contributed by atoms with van der Waals surface area (Å²) < 4.78 is 39.2. The molecule has 0 spiro atoms. The molecular formula is C12H16FNO5S. The van der Waals surface area contributed by atoms with Crippen LogP contribution in [-0.2, 0) is 10.0 Å². The third kappa shape index (κ3) is 2.97. The number of hydrogen-bond donors (Lipinski definition) is 2. The zero-order valence-corrected chi connectivity index (χ0v) is 12.1. The summed E-state index contributed by atoms with van der Waals surface area (Å²) in [6.45, 7) is 2.32. The molecule has 0 aliphatic carbocycles. The van der Waals surface area contributed by atoms with Gasteiger partial charge in [-0.05, 0) is 26.0 Å². The lowest BCUT2D eigenvalue weighted by molar-refractivity contribution is 0.0696. The highest BCUT2D eigenvalue weighted by Crippen LogP contribution is 2.24. The Morgan fingerprint density at radius 3 is 2.45 bits per heavy atom. The predicted octanol–water partition coefficient (Wildman–Crippen LogP) is 0.834. The zero-order valence-electron chi connectivity index (χ0n) is 11.3. The number of aliphatic hydroxyl groups excluding tert-OH is 1. The van der Waals surface area contributed by atoms with Gasteiger partial charge in [-0.2, -0.15) is 4.31 Å². The van der Waals surface area contributed by atoms with Crippen molar-refractivity contribution in [2.24, 2.45) is 0 Å². The molecule has 0 aliphatic rings. The number of aromatic carboxylic acids is 1. The first-order chi connectivity index (χ1) is 9.12. The number of likely N-dealkylation sites (N-methyl/N-ethyl adjacent to an activating group) is 1. The summed E-state index contributed by atoms with van der Waals surface area (Å²) in [5.74, 6) is -2.33. The minimum absolute atomic E-state index is 0.160. The van der Waals surface area contributed by atoms with E-state index in [9.17, 15) is 17.6 Å². The maximum absolute atomic E-state index is 13.7. The fourth-order valence-corrected chi connectivity index (χ4v) is 3.16. The van der Waals surface area contributed by atoms with Gasteiger partial charge in [-0.1, -0.05) is 0 Å². The number of rotatable bonds is 5. The first-order valence-corrected chi connectivity index (χ1v) is 7.19. The number of nitrogens with zero attached hydrogens (tertiary/aromatic N) is 1. The van der Waals surface area contributed by atoms with Gasteiger partial charge in [0, 0.05) is 18.7 Å². The Hall–Kier alpha value is -1.51. The number of carbonyl (C=O) groups is 1. The SMILES string of the molecule is Cc1c(F)cc(C(=O)O)cc1S(=O)(=O)N(C)C(C)CO. The van der Waals surface area contributed by atoms with Gasteiger partial charge in [0.1, 0.15) is 5.82 Å². The van der Waals surface area contributed by atoms with E-state index in [1.54, 1.807) is 0 Å². The van der Waals surface area contributed by atoms with Crippen LogP contribution in [0.2, 0.25) is 0 Å². The Kier molecular flexibility index (Phi) is 4.85. The van der Waals surface area contributed by atoms with Crippen LogP contribution in [0.5, 0.6) is 0 Å². The second-order valence-electron chi connectivity index (χ2n) is 4.44. The number of benzene rings is 1. The molecule has 0 radical (unpaired) electrons. The summed E-state index contributed by atoms with van der Waals surface area (Å²) in [6.07, 6.45) is 0. The van der Waals surface area contributed by atoms with Crippen LogP contribution >= 0.6 is 0 Å². The predicted molar refractivity (Wildman–Crippen MR) is 69.6 cm³/mol. The molecule has 2 N–H and O–H groups in total. The Balaban J connectivity index is 3.49. The molecule has 1 aromatic carbocycles. The molecule has 0 amide bonds. The molecule has 112 valence electrons. The van der Waals surface area contributed by atoms with Crippen molar-refractivity contribution < 1.29 is 27.8 Å². The summed E-state index contributed by atoms with van der Waals surface area (Å²) in [5, 5.41) is 17.9. The van der Waals surface area contributed by atoms with Crippen LogP contribution in [0.4, 0.5) is 4.39 Å². The molecule has 1 aromatic rings. The lowest BCUT2D eigenvalue weighted by Crippen LogP contribution is -2.37. The Morgan fingerprint density at radius 2 is 2.00 bits per heavy atom. The molecule has 1 unspecified atom stereocenters. The van der Waals surface area contributed by atoms with Gasteiger partial charge < -0.3 is 10.2 Å². The maximum Gasteiger partial charge on any atom is 0.335 e. The highest BCUT2D eigenvalue weighted by atomic mass is 32.2. The summed E-state index contributed by atoms with van der Waals surface area (Å²) >= 11 is 0. The third-order valence-electron chi connectivity index (χ3n) is 3.09. The van der Waals surface area contributed by atoms with Crippen LogP contribution in [0.3, 0.4) is 0 Å². The van der Waals surface area contributed by atoms with Crippen LogP contribution in [0.25, 0.3) is 0 Å². The lowest BCUT2D eigenvalue weighted by Gasteiger charge is -2.23. The van der Waals surface area contributed by atoms with Gasteiger partial charge in [-0.3, -0.25) is 0 Å². The van der Waals surface area contributed by atoms with Crippen LogP contribution in [0.15, 0.2) is 17.0 Å².